The van der Waals surface area contributed by atoms with Gasteiger partial charge in [-0.15, -0.1) is 0 Å². The number of urea groups is 1. The number of carbonyl (C=O) groups excluding carboxylic acids is 2. The monoisotopic (exact) mass is 377 g/mol. The third-order valence-corrected chi connectivity index (χ3v) is 4.30. The van der Waals surface area contributed by atoms with Crippen molar-refractivity contribution in [2.45, 2.75) is 0 Å². The summed E-state index contributed by atoms with van der Waals surface area (Å²) in [5.74, 6) is 0.705. The second kappa shape index (κ2) is 8.69. The second-order valence-corrected chi connectivity index (χ2v) is 5.96. The van der Waals surface area contributed by atoms with Crippen LogP contribution >= 0.6 is 0 Å². The number of nitrogens with one attached hydrogen (secondary N) is 2. The quantitative estimate of drug-likeness (QED) is 0.801. The molecule has 3 rings (SSSR count). The molecular weight excluding hydrogens is 354 g/mol. The third kappa shape index (κ3) is 4.47. The molecule has 1 aliphatic rings. The first-order chi connectivity index (χ1) is 13.1. The predicted octanol–water partition coefficient (Wildman–Crippen LogP) is 1.02. The molecular formula is C17H23N5O5. The highest BCUT2D eigenvalue weighted by Gasteiger charge is 2.23. The van der Waals surface area contributed by atoms with E-state index in [1.165, 1.54) is 11.9 Å². The zero-order valence-electron chi connectivity index (χ0n) is 15.4. The highest BCUT2D eigenvalue weighted by molar-refractivity contribution is 6.00. The van der Waals surface area contributed by atoms with Crippen molar-refractivity contribution in [3.8, 4) is 5.75 Å². The molecule has 27 heavy (non-hydrogen) atoms. The lowest BCUT2D eigenvalue weighted by molar-refractivity contribution is 0.0393. The van der Waals surface area contributed by atoms with Crippen molar-refractivity contribution in [1.29, 1.82) is 0 Å². The lowest BCUT2D eigenvalue weighted by Gasteiger charge is -2.29. The van der Waals surface area contributed by atoms with Crippen LogP contribution in [0.25, 0.3) is 11.0 Å². The molecule has 0 spiro atoms. The Kier molecular flexibility index (Phi) is 6.09. The number of nitrogens with zero attached hydrogens (tertiary/aromatic N) is 3. The summed E-state index contributed by atoms with van der Waals surface area (Å²) in [4.78, 5) is 27.6. The molecule has 10 nitrogen and oxygen atoms in total. The summed E-state index contributed by atoms with van der Waals surface area (Å²) in [6, 6.07) is 4.58. The van der Waals surface area contributed by atoms with Gasteiger partial charge in [-0.1, -0.05) is 5.16 Å². The lowest BCUT2D eigenvalue weighted by atomic mass is 10.2. The van der Waals surface area contributed by atoms with Crippen LogP contribution in [0.2, 0.25) is 0 Å². The topological polar surface area (TPSA) is 109 Å². The lowest BCUT2D eigenvalue weighted by Crippen LogP contribution is -2.45. The van der Waals surface area contributed by atoms with E-state index in [1.807, 2.05) is 0 Å². The second-order valence-electron chi connectivity index (χ2n) is 5.96. The summed E-state index contributed by atoms with van der Waals surface area (Å²) in [5, 5.41) is 9.66. The highest BCUT2D eigenvalue weighted by atomic mass is 16.6. The highest BCUT2D eigenvalue weighted by Crippen LogP contribution is 2.30. The molecule has 2 aromatic rings. The van der Waals surface area contributed by atoms with Crippen LogP contribution < -0.4 is 20.3 Å². The Bertz CT molecular complexity index is 802. The number of rotatable bonds is 5. The van der Waals surface area contributed by atoms with E-state index in [4.69, 9.17) is 14.0 Å². The molecule has 2 N–H and O–H groups in total. The summed E-state index contributed by atoms with van der Waals surface area (Å²) in [5.41, 5.74) is 0.495. The first-order valence-corrected chi connectivity index (χ1v) is 8.70. The van der Waals surface area contributed by atoms with Gasteiger partial charge in [0.1, 0.15) is 5.75 Å². The van der Waals surface area contributed by atoms with Crippen molar-refractivity contribution in [3.63, 3.8) is 0 Å². The van der Waals surface area contributed by atoms with Crippen molar-refractivity contribution in [1.82, 2.24) is 20.7 Å². The summed E-state index contributed by atoms with van der Waals surface area (Å²) < 4.78 is 15.8. The molecule has 1 fully saturated rings. The molecule has 1 aliphatic heterocycles. The fourth-order valence-corrected chi connectivity index (χ4v) is 2.83. The maximum atomic E-state index is 12.4. The number of anilines is 1. The van der Waals surface area contributed by atoms with Gasteiger partial charge in [0, 0.05) is 40.3 Å². The normalized spacial score (nSPS) is 14.7. The van der Waals surface area contributed by atoms with Crippen LogP contribution in [0.5, 0.6) is 5.75 Å². The van der Waals surface area contributed by atoms with E-state index < -0.39 is 6.09 Å². The van der Waals surface area contributed by atoms with Crippen LogP contribution in [0.3, 0.4) is 0 Å². The molecule has 2 heterocycles. The fourth-order valence-electron chi connectivity index (χ4n) is 2.83. The predicted molar refractivity (Wildman–Crippen MR) is 98.2 cm³/mol. The molecule has 1 aromatic carbocycles. The minimum atomic E-state index is -0.581. The smallest absolute Gasteiger partial charge is 0.410 e. The van der Waals surface area contributed by atoms with Gasteiger partial charge in [0.2, 0.25) is 0 Å². The van der Waals surface area contributed by atoms with Crippen LogP contribution in [0.4, 0.5) is 15.4 Å². The standard InChI is InChI=1S/C17H23N5O5/c1-18-16(23)22(6-5-21-7-9-25-10-8-21)15-13-11-12(26-17(24)19-2)3-4-14(13)27-20-15/h3-4,11H,5-10H2,1-2H3,(H,18,23)(H,19,24). The SMILES string of the molecule is CNC(=O)Oc1ccc2onc(N(CCN3CCOCC3)C(=O)NC)c2c1. The van der Waals surface area contributed by atoms with Crippen LogP contribution in [0.1, 0.15) is 0 Å². The Hall–Kier alpha value is -2.85. The van der Waals surface area contributed by atoms with E-state index in [9.17, 15) is 9.59 Å². The summed E-state index contributed by atoms with van der Waals surface area (Å²) in [7, 11) is 3.04. The number of hydrogen-bond acceptors (Lipinski definition) is 7. The van der Waals surface area contributed by atoms with Gasteiger partial charge in [0.15, 0.2) is 11.4 Å². The van der Waals surface area contributed by atoms with Crippen LogP contribution in [-0.2, 0) is 4.74 Å². The van der Waals surface area contributed by atoms with Crippen molar-refractivity contribution in [2.24, 2.45) is 0 Å². The van der Waals surface area contributed by atoms with Crippen molar-refractivity contribution in [2.75, 3.05) is 58.4 Å². The molecule has 0 radical (unpaired) electrons. The molecule has 0 bridgehead atoms. The van der Waals surface area contributed by atoms with Gasteiger partial charge in [-0.3, -0.25) is 9.80 Å². The first-order valence-electron chi connectivity index (χ1n) is 8.70. The average Bonchev–Trinajstić information content (AvgIpc) is 3.11. The van der Waals surface area contributed by atoms with Crippen LogP contribution in [0, 0.1) is 0 Å². The Morgan fingerprint density at radius 2 is 2.04 bits per heavy atom. The van der Waals surface area contributed by atoms with Gasteiger partial charge < -0.3 is 24.6 Å². The van der Waals surface area contributed by atoms with Crippen LogP contribution in [-0.4, -0.2) is 75.7 Å². The minimum absolute atomic E-state index is 0.295. The van der Waals surface area contributed by atoms with Crippen molar-refractivity contribution < 1.29 is 23.6 Å². The van der Waals surface area contributed by atoms with Crippen LogP contribution in [0.15, 0.2) is 22.7 Å². The molecule has 1 saturated heterocycles. The Balaban J connectivity index is 1.84. The van der Waals surface area contributed by atoms with E-state index in [1.54, 1.807) is 25.2 Å². The van der Waals surface area contributed by atoms with Gasteiger partial charge in [-0.2, -0.15) is 0 Å². The van der Waals surface area contributed by atoms with Gasteiger partial charge in [0.25, 0.3) is 0 Å². The molecule has 0 unspecified atom stereocenters. The Labute approximate surface area is 156 Å². The largest absolute Gasteiger partial charge is 0.412 e. The number of hydrogen-bond donors (Lipinski definition) is 2. The maximum Gasteiger partial charge on any atom is 0.412 e. The number of fused-ring (bicyclic) bond motifs is 1. The molecule has 0 atom stereocenters. The number of carbonyl (C=O) groups is 2. The summed E-state index contributed by atoms with van der Waals surface area (Å²) >= 11 is 0. The molecule has 3 amide bonds. The van der Waals surface area contributed by atoms with E-state index in [2.05, 4.69) is 20.7 Å². The zero-order chi connectivity index (χ0) is 19.2. The fraction of sp³-hybridized carbons (Fsp3) is 0.471. The van der Waals surface area contributed by atoms with Crippen molar-refractivity contribution in [3.05, 3.63) is 18.2 Å². The molecule has 0 aliphatic carbocycles. The number of amides is 3. The first kappa shape index (κ1) is 18.9. The summed E-state index contributed by atoms with van der Waals surface area (Å²) in [6.07, 6.45) is -0.581. The third-order valence-electron chi connectivity index (χ3n) is 4.30. The van der Waals surface area contributed by atoms with Gasteiger partial charge in [-0.25, -0.2) is 9.59 Å². The minimum Gasteiger partial charge on any atom is -0.410 e. The number of aromatic nitrogens is 1. The maximum absolute atomic E-state index is 12.4. The summed E-state index contributed by atoms with van der Waals surface area (Å²) in [6.45, 7) is 4.14. The van der Waals surface area contributed by atoms with Gasteiger partial charge >= 0.3 is 12.1 Å². The number of benzene rings is 1. The Morgan fingerprint density at radius 3 is 2.74 bits per heavy atom. The van der Waals surface area contributed by atoms with Gasteiger partial charge in [-0.05, 0) is 18.2 Å². The van der Waals surface area contributed by atoms with E-state index in [-0.39, 0.29) is 6.03 Å². The van der Waals surface area contributed by atoms with E-state index in [0.717, 1.165) is 13.1 Å². The van der Waals surface area contributed by atoms with E-state index >= 15 is 0 Å². The number of morpholine rings is 1. The van der Waals surface area contributed by atoms with Crippen molar-refractivity contribution >= 4 is 28.9 Å². The Morgan fingerprint density at radius 1 is 1.26 bits per heavy atom. The average molecular weight is 377 g/mol. The van der Waals surface area contributed by atoms with E-state index in [0.29, 0.717) is 48.8 Å². The molecule has 146 valence electrons. The molecule has 0 saturated carbocycles. The molecule has 10 heteroatoms. The molecule has 1 aromatic heterocycles. The number of ether oxygens (including phenoxy) is 2. The zero-order valence-corrected chi connectivity index (χ0v) is 15.4. The van der Waals surface area contributed by atoms with Gasteiger partial charge in [0.05, 0.1) is 18.6 Å².